The van der Waals surface area contributed by atoms with Gasteiger partial charge in [0.15, 0.2) is 0 Å². The Labute approximate surface area is 123 Å². The Hall–Kier alpha value is -2.12. The van der Waals surface area contributed by atoms with Gasteiger partial charge in [-0.3, -0.25) is 4.57 Å². The first kappa shape index (κ1) is 15.3. The number of hydrogen-bond donors (Lipinski definition) is 2. The fourth-order valence-electron chi connectivity index (χ4n) is 2.38. The van der Waals surface area contributed by atoms with Crippen molar-refractivity contribution in [3.63, 3.8) is 0 Å². The number of hydrogen-bond acceptors (Lipinski definition) is 3. The van der Waals surface area contributed by atoms with E-state index in [0.717, 1.165) is 16.8 Å². The van der Waals surface area contributed by atoms with Crippen LogP contribution >= 0.6 is 0 Å². The lowest BCUT2D eigenvalue weighted by molar-refractivity contribution is 0.250. The summed E-state index contributed by atoms with van der Waals surface area (Å²) in [6.45, 7) is 5.62. The van der Waals surface area contributed by atoms with E-state index in [1.165, 1.54) is 16.7 Å². The smallest absolute Gasteiger partial charge is 0.323 e. The first-order valence-corrected chi connectivity index (χ1v) is 7.80. The second-order valence-corrected chi connectivity index (χ2v) is 6.49. The zero-order chi connectivity index (χ0) is 15.9. The van der Waals surface area contributed by atoms with Gasteiger partial charge in [0.25, 0.3) is 0 Å². The summed E-state index contributed by atoms with van der Waals surface area (Å²) in [4.78, 5) is 11.7. The molecule has 21 heavy (non-hydrogen) atoms. The molecule has 0 bridgehead atoms. The average molecular weight is 307 g/mol. The van der Waals surface area contributed by atoms with Crippen molar-refractivity contribution < 1.29 is 13.2 Å². The summed E-state index contributed by atoms with van der Waals surface area (Å²) in [5, 5.41) is 5.07. The summed E-state index contributed by atoms with van der Waals surface area (Å²) in [7, 11) is -3.74. The van der Waals surface area contributed by atoms with E-state index in [9.17, 15) is 13.2 Å². The number of aromatic nitrogens is 1. The molecule has 1 aromatic heterocycles. The lowest BCUT2D eigenvalue weighted by Gasteiger charge is -2.09. The molecule has 6 nitrogen and oxygen atoms in total. The van der Waals surface area contributed by atoms with E-state index in [1.807, 2.05) is 20.8 Å². The molecule has 0 unspecified atom stereocenters. The Morgan fingerprint density at radius 1 is 1.05 bits per heavy atom. The third-order valence-corrected chi connectivity index (χ3v) is 4.63. The van der Waals surface area contributed by atoms with Gasteiger partial charge < -0.3 is 5.73 Å². The summed E-state index contributed by atoms with van der Waals surface area (Å²) >= 11 is 0. The van der Waals surface area contributed by atoms with Crippen molar-refractivity contribution in [1.29, 1.82) is 0 Å². The van der Waals surface area contributed by atoms with Crippen LogP contribution in [0.3, 0.4) is 0 Å². The summed E-state index contributed by atoms with van der Waals surface area (Å²) < 4.78 is 24.0. The molecule has 7 heteroatoms. The van der Waals surface area contributed by atoms with Crippen molar-refractivity contribution in [2.45, 2.75) is 25.7 Å². The highest BCUT2D eigenvalue weighted by Crippen LogP contribution is 2.30. The number of nitrogens with two attached hydrogens (primary N) is 2. The monoisotopic (exact) mass is 307 g/mol. The number of carbonyl (C=O) groups excluding carboxylic acids is 1. The van der Waals surface area contributed by atoms with Gasteiger partial charge >= 0.3 is 6.03 Å². The van der Waals surface area contributed by atoms with Crippen LogP contribution < -0.4 is 10.9 Å². The number of primary sulfonamides is 1. The molecule has 0 spiro atoms. The predicted molar refractivity (Wildman–Crippen MR) is 80.4 cm³/mol. The minimum atomic E-state index is -3.74. The van der Waals surface area contributed by atoms with Crippen molar-refractivity contribution in [1.82, 2.24) is 4.57 Å². The van der Waals surface area contributed by atoms with E-state index >= 15 is 0 Å². The van der Waals surface area contributed by atoms with E-state index < -0.39 is 16.1 Å². The van der Waals surface area contributed by atoms with Crippen molar-refractivity contribution >= 4 is 16.1 Å². The van der Waals surface area contributed by atoms with Crippen LogP contribution in [0.4, 0.5) is 4.79 Å². The van der Waals surface area contributed by atoms with Crippen molar-refractivity contribution in [3.05, 3.63) is 41.1 Å². The summed E-state index contributed by atoms with van der Waals surface area (Å²) in [6, 6.07) is 5.47. The van der Waals surface area contributed by atoms with Gasteiger partial charge in [0.05, 0.1) is 10.6 Å². The third kappa shape index (κ3) is 2.57. The molecular formula is C14H17N3O3S. The van der Waals surface area contributed by atoms with Crippen LogP contribution in [-0.2, 0) is 10.0 Å². The van der Waals surface area contributed by atoms with Crippen molar-refractivity contribution in [3.8, 4) is 11.3 Å². The molecule has 0 saturated heterocycles. The zero-order valence-electron chi connectivity index (χ0n) is 12.0. The Morgan fingerprint density at radius 2 is 1.57 bits per heavy atom. The van der Waals surface area contributed by atoms with Crippen LogP contribution in [-0.4, -0.2) is 19.0 Å². The fraction of sp³-hybridized carbons (Fsp3) is 0.214. The van der Waals surface area contributed by atoms with E-state index in [4.69, 9.17) is 10.9 Å². The lowest BCUT2D eigenvalue weighted by atomic mass is 10.1. The Kier molecular flexibility index (Phi) is 3.65. The highest BCUT2D eigenvalue weighted by atomic mass is 32.2. The quantitative estimate of drug-likeness (QED) is 0.880. The predicted octanol–water partition coefficient (Wildman–Crippen LogP) is 1.65. The number of sulfonamides is 1. The molecular weight excluding hydrogens is 290 g/mol. The Bertz CT molecular complexity index is 818. The van der Waals surface area contributed by atoms with Crippen LogP contribution in [0.2, 0.25) is 0 Å². The topological polar surface area (TPSA) is 108 Å². The normalized spacial score (nSPS) is 11.6. The standard InChI is InChI=1S/C14H17N3O3S/c1-8-9(2)13(17(10(8)3)14(15)18)11-4-6-12(7-5-11)21(16,19)20/h4-7H,1-3H3,(H2,15,18)(H2,16,19,20). The molecule has 0 atom stereocenters. The van der Waals surface area contributed by atoms with E-state index in [0.29, 0.717) is 11.3 Å². The molecule has 1 amide bonds. The Morgan fingerprint density at radius 3 is 2.00 bits per heavy atom. The third-order valence-electron chi connectivity index (χ3n) is 3.70. The minimum Gasteiger partial charge on any atom is -0.351 e. The SMILES string of the molecule is Cc1c(C)c(-c2ccc(S(N)(=O)=O)cc2)n(C(N)=O)c1C. The maximum atomic E-state index is 11.7. The average Bonchev–Trinajstić information content (AvgIpc) is 2.62. The molecule has 1 aromatic carbocycles. The number of nitrogens with zero attached hydrogens (tertiary/aromatic N) is 1. The van der Waals surface area contributed by atoms with Gasteiger partial charge in [0, 0.05) is 5.69 Å². The molecule has 2 aromatic rings. The summed E-state index contributed by atoms with van der Waals surface area (Å²) in [5.41, 5.74) is 9.48. The first-order chi connectivity index (χ1) is 9.64. The highest BCUT2D eigenvalue weighted by Gasteiger charge is 2.19. The van der Waals surface area contributed by atoms with Gasteiger partial charge in [-0.25, -0.2) is 18.4 Å². The second kappa shape index (κ2) is 5.01. The lowest BCUT2D eigenvalue weighted by Crippen LogP contribution is -2.21. The minimum absolute atomic E-state index is 0.0227. The zero-order valence-corrected chi connectivity index (χ0v) is 12.9. The highest BCUT2D eigenvalue weighted by molar-refractivity contribution is 7.89. The molecule has 0 fully saturated rings. The van der Waals surface area contributed by atoms with Gasteiger partial charge in [-0.2, -0.15) is 0 Å². The van der Waals surface area contributed by atoms with E-state index in [-0.39, 0.29) is 4.90 Å². The van der Waals surface area contributed by atoms with Gasteiger partial charge in [0.2, 0.25) is 10.0 Å². The number of primary amides is 1. The number of amides is 1. The Balaban J connectivity index is 2.68. The number of carbonyl (C=O) groups is 1. The van der Waals surface area contributed by atoms with E-state index in [1.54, 1.807) is 12.1 Å². The van der Waals surface area contributed by atoms with Gasteiger partial charge in [-0.15, -0.1) is 0 Å². The molecule has 0 aliphatic rings. The first-order valence-electron chi connectivity index (χ1n) is 6.26. The second-order valence-electron chi connectivity index (χ2n) is 4.93. The molecule has 0 aliphatic heterocycles. The molecule has 0 aliphatic carbocycles. The summed E-state index contributed by atoms with van der Waals surface area (Å²) in [6.07, 6.45) is 0. The number of rotatable bonds is 2. The van der Waals surface area contributed by atoms with Crippen LogP contribution in [0.25, 0.3) is 11.3 Å². The molecule has 112 valence electrons. The van der Waals surface area contributed by atoms with Gasteiger partial charge in [-0.05, 0) is 49.6 Å². The van der Waals surface area contributed by atoms with Crippen molar-refractivity contribution in [2.75, 3.05) is 0 Å². The van der Waals surface area contributed by atoms with Gasteiger partial charge in [-0.1, -0.05) is 12.1 Å². The van der Waals surface area contributed by atoms with E-state index in [2.05, 4.69) is 0 Å². The molecule has 0 saturated carbocycles. The van der Waals surface area contributed by atoms with Crippen molar-refractivity contribution in [2.24, 2.45) is 10.9 Å². The molecule has 2 rings (SSSR count). The van der Waals surface area contributed by atoms with Crippen LogP contribution in [0, 0.1) is 20.8 Å². The molecule has 1 heterocycles. The molecule has 0 radical (unpaired) electrons. The maximum absolute atomic E-state index is 11.7. The van der Waals surface area contributed by atoms with Crippen LogP contribution in [0.5, 0.6) is 0 Å². The number of benzene rings is 1. The van der Waals surface area contributed by atoms with Crippen LogP contribution in [0.1, 0.15) is 16.8 Å². The molecule has 4 N–H and O–H groups in total. The summed E-state index contributed by atoms with van der Waals surface area (Å²) in [5.74, 6) is 0. The maximum Gasteiger partial charge on any atom is 0.323 e. The van der Waals surface area contributed by atoms with Gasteiger partial charge in [0.1, 0.15) is 0 Å². The van der Waals surface area contributed by atoms with Crippen LogP contribution in [0.15, 0.2) is 29.2 Å². The fourth-order valence-corrected chi connectivity index (χ4v) is 2.89. The largest absolute Gasteiger partial charge is 0.351 e.